The van der Waals surface area contributed by atoms with Crippen LogP contribution < -0.4 is 10.1 Å². The van der Waals surface area contributed by atoms with Crippen molar-refractivity contribution in [2.75, 3.05) is 33.3 Å². The van der Waals surface area contributed by atoms with E-state index in [-0.39, 0.29) is 23.9 Å². The maximum absolute atomic E-state index is 13.8. The Morgan fingerprint density at radius 2 is 1.71 bits per heavy atom. The fourth-order valence-electron chi connectivity index (χ4n) is 6.25. The summed E-state index contributed by atoms with van der Waals surface area (Å²) < 4.78 is 5.29. The molecule has 0 bridgehead atoms. The summed E-state index contributed by atoms with van der Waals surface area (Å²) >= 11 is 0. The zero-order valence-electron chi connectivity index (χ0n) is 20.7. The van der Waals surface area contributed by atoms with Gasteiger partial charge in [-0.2, -0.15) is 0 Å². The molecule has 1 saturated carbocycles. The molecular formula is C29H37N3O3. The van der Waals surface area contributed by atoms with Gasteiger partial charge in [0.1, 0.15) is 5.75 Å². The first-order valence-corrected chi connectivity index (χ1v) is 13.2. The van der Waals surface area contributed by atoms with Crippen molar-refractivity contribution in [2.45, 2.75) is 57.0 Å². The maximum atomic E-state index is 13.8. The summed E-state index contributed by atoms with van der Waals surface area (Å²) in [6.45, 7) is 2.73. The van der Waals surface area contributed by atoms with Crippen molar-refractivity contribution in [3.8, 4) is 5.75 Å². The van der Waals surface area contributed by atoms with E-state index in [0.29, 0.717) is 30.3 Å². The summed E-state index contributed by atoms with van der Waals surface area (Å²) in [7, 11) is 1.61. The molecule has 5 rings (SSSR count). The first-order valence-electron chi connectivity index (χ1n) is 13.2. The number of methoxy groups -OCH3 is 1. The summed E-state index contributed by atoms with van der Waals surface area (Å²) in [6, 6.07) is 15.9. The second-order valence-electron chi connectivity index (χ2n) is 10.2. The van der Waals surface area contributed by atoms with Crippen LogP contribution in [0.5, 0.6) is 5.75 Å². The number of nitrogens with zero attached hydrogens (tertiary/aromatic N) is 2. The quantitative estimate of drug-likeness (QED) is 0.680. The molecule has 6 nitrogen and oxygen atoms in total. The van der Waals surface area contributed by atoms with Crippen LogP contribution >= 0.6 is 0 Å². The highest BCUT2D eigenvalue weighted by molar-refractivity contribution is 5.94. The molecule has 0 spiro atoms. The zero-order chi connectivity index (χ0) is 24.2. The normalized spacial score (nSPS) is 21.9. The van der Waals surface area contributed by atoms with Gasteiger partial charge in [-0.1, -0.05) is 43.2 Å². The molecule has 2 amide bonds. The minimum Gasteiger partial charge on any atom is -0.497 e. The van der Waals surface area contributed by atoms with E-state index >= 15 is 0 Å². The number of benzene rings is 2. The molecule has 1 heterocycles. The number of aryl methyl sites for hydroxylation is 1. The van der Waals surface area contributed by atoms with Gasteiger partial charge < -0.3 is 15.0 Å². The molecule has 1 saturated heterocycles. The third-order valence-corrected chi connectivity index (χ3v) is 8.11. The van der Waals surface area contributed by atoms with Crippen molar-refractivity contribution in [3.05, 3.63) is 65.2 Å². The Morgan fingerprint density at radius 3 is 2.49 bits per heavy atom. The van der Waals surface area contributed by atoms with Crippen LogP contribution in [0.1, 0.15) is 66.1 Å². The van der Waals surface area contributed by atoms with E-state index in [2.05, 4.69) is 34.5 Å². The van der Waals surface area contributed by atoms with Crippen LogP contribution in [-0.2, 0) is 11.2 Å². The molecule has 6 heteroatoms. The number of rotatable bonds is 6. The van der Waals surface area contributed by atoms with Crippen LogP contribution in [0.2, 0.25) is 0 Å². The lowest BCUT2D eigenvalue weighted by Crippen LogP contribution is -2.58. The Kier molecular flexibility index (Phi) is 7.37. The van der Waals surface area contributed by atoms with Crippen molar-refractivity contribution >= 4 is 11.8 Å². The molecule has 3 aliphatic rings. The number of nitrogens with one attached hydrogen (secondary N) is 1. The van der Waals surface area contributed by atoms with Gasteiger partial charge in [-0.25, -0.2) is 0 Å². The van der Waals surface area contributed by atoms with Crippen LogP contribution in [0.3, 0.4) is 0 Å². The summed E-state index contributed by atoms with van der Waals surface area (Å²) in [5, 5.41) is 3.45. The number of carbonyl (C=O) groups is 2. The molecule has 186 valence electrons. The monoisotopic (exact) mass is 475 g/mol. The number of carbonyl (C=O) groups excluding carboxylic acids is 2. The van der Waals surface area contributed by atoms with E-state index in [0.717, 1.165) is 45.2 Å². The number of hydrogen-bond donors (Lipinski definition) is 1. The average molecular weight is 476 g/mol. The fraction of sp³-hybridized carbons (Fsp3) is 0.517. The van der Waals surface area contributed by atoms with Crippen molar-refractivity contribution in [1.29, 1.82) is 0 Å². The van der Waals surface area contributed by atoms with Gasteiger partial charge >= 0.3 is 0 Å². The van der Waals surface area contributed by atoms with Crippen molar-refractivity contribution in [3.63, 3.8) is 0 Å². The van der Waals surface area contributed by atoms with Gasteiger partial charge in [0, 0.05) is 31.7 Å². The van der Waals surface area contributed by atoms with Gasteiger partial charge in [0.2, 0.25) is 5.91 Å². The summed E-state index contributed by atoms with van der Waals surface area (Å²) in [5.74, 6) is 1.29. The molecule has 2 aromatic rings. The summed E-state index contributed by atoms with van der Waals surface area (Å²) in [5.41, 5.74) is 3.30. The lowest BCUT2D eigenvalue weighted by molar-refractivity contribution is -0.130. The number of fused-ring (bicyclic) bond motifs is 1. The second kappa shape index (κ2) is 10.8. The summed E-state index contributed by atoms with van der Waals surface area (Å²) in [4.78, 5) is 31.1. The molecule has 0 aromatic heterocycles. The Hall–Kier alpha value is -2.86. The number of piperazine rings is 1. The fourth-order valence-corrected chi connectivity index (χ4v) is 6.25. The molecule has 35 heavy (non-hydrogen) atoms. The van der Waals surface area contributed by atoms with Crippen LogP contribution in [0.15, 0.2) is 48.5 Å². The first kappa shape index (κ1) is 23.9. The molecule has 2 fully saturated rings. The first-order chi connectivity index (χ1) is 17.1. The number of ether oxygens (including phenoxy) is 1. The van der Waals surface area contributed by atoms with Gasteiger partial charge in [-0.15, -0.1) is 0 Å². The Balaban J connectivity index is 1.26. The van der Waals surface area contributed by atoms with E-state index in [9.17, 15) is 9.59 Å². The zero-order valence-corrected chi connectivity index (χ0v) is 20.7. The van der Waals surface area contributed by atoms with E-state index in [1.165, 1.54) is 24.0 Å². The van der Waals surface area contributed by atoms with E-state index in [1.807, 2.05) is 23.1 Å². The predicted octanol–water partition coefficient (Wildman–Crippen LogP) is 4.21. The predicted molar refractivity (Wildman–Crippen MR) is 136 cm³/mol. The van der Waals surface area contributed by atoms with E-state index < -0.39 is 0 Å². The Labute approximate surface area is 208 Å². The van der Waals surface area contributed by atoms with Crippen molar-refractivity contribution in [2.24, 2.45) is 5.92 Å². The number of amides is 2. The van der Waals surface area contributed by atoms with Crippen LogP contribution in [-0.4, -0.2) is 60.9 Å². The van der Waals surface area contributed by atoms with E-state index in [4.69, 9.17) is 4.74 Å². The van der Waals surface area contributed by atoms with Crippen LogP contribution in [0, 0.1) is 5.92 Å². The molecule has 2 atom stereocenters. The van der Waals surface area contributed by atoms with E-state index in [1.54, 1.807) is 13.2 Å². The van der Waals surface area contributed by atoms with Crippen molar-refractivity contribution in [1.82, 2.24) is 15.1 Å². The topological polar surface area (TPSA) is 61.9 Å². The Bertz CT molecular complexity index is 1040. The highest BCUT2D eigenvalue weighted by atomic mass is 16.5. The lowest BCUT2D eigenvalue weighted by atomic mass is 9.87. The minimum absolute atomic E-state index is 0.0317. The molecule has 0 radical (unpaired) electrons. The summed E-state index contributed by atoms with van der Waals surface area (Å²) in [6.07, 6.45) is 7.84. The van der Waals surface area contributed by atoms with Gasteiger partial charge in [-0.3, -0.25) is 14.5 Å². The molecule has 2 aromatic carbocycles. The third kappa shape index (κ3) is 5.22. The molecular weight excluding hydrogens is 438 g/mol. The molecule has 1 aliphatic heterocycles. The molecule has 2 unspecified atom stereocenters. The highest BCUT2D eigenvalue weighted by Gasteiger charge is 2.38. The second-order valence-corrected chi connectivity index (χ2v) is 10.2. The van der Waals surface area contributed by atoms with Gasteiger partial charge in [0.15, 0.2) is 0 Å². The van der Waals surface area contributed by atoms with Gasteiger partial charge in [-0.05, 0) is 67.3 Å². The lowest BCUT2D eigenvalue weighted by Gasteiger charge is -2.41. The Morgan fingerprint density at radius 1 is 0.943 bits per heavy atom. The van der Waals surface area contributed by atoms with Gasteiger partial charge in [0.05, 0.1) is 19.2 Å². The third-order valence-electron chi connectivity index (χ3n) is 8.11. The standard InChI is InChI=1S/C29H37N3O3/c1-35-24-13-6-12-23(20-24)29(34)32-18-16-31(17-19-32)27(22-9-2-3-10-22)28(33)30-26-15-7-11-21-8-4-5-14-25(21)26/h4-6,8,12-14,20,22,26-27H,2-3,7,9-11,15-19H2,1H3,(H,30,33). The largest absolute Gasteiger partial charge is 0.497 e. The minimum atomic E-state index is -0.110. The average Bonchev–Trinajstić information content (AvgIpc) is 3.43. The SMILES string of the molecule is COc1cccc(C(=O)N2CCN(C(C(=O)NC3CCCc4ccccc43)C3CCCC3)CC2)c1. The van der Waals surface area contributed by atoms with Crippen LogP contribution in [0.25, 0.3) is 0 Å². The maximum Gasteiger partial charge on any atom is 0.254 e. The van der Waals surface area contributed by atoms with Crippen LogP contribution in [0.4, 0.5) is 0 Å². The molecule has 1 N–H and O–H groups in total. The molecule has 2 aliphatic carbocycles. The van der Waals surface area contributed by atoms with Gasteiger partial charge in [0.25, 0.3) is 5.91 Å². The smallest absolute Gasteiger partial charge is 0.254 e. The van der Waals surface area contributed by atoms with Crippen molar-refractivity contribution < 1.29 is 14.3 Å². The number of hydrogen-bond acceptors (Lipinski definition) is 4. The highest BCUT2D eigenvalue weighted by Crippen LogP contribution is 2.33.